The number of hydrogen-bond donors (Lipinski definition) is 2. The van der Waals surface area contributed by atoms with E-state index in [1.165, 1.54) is 0 Å². The molecule has 2 aromatic rings. The number of methoxy groups -OCH3 is 1. The highest BCUT2D eigenvalue weighted by Crippen LogP contribution is 2.24. The van der Waals surface area contributed by atoms with Gasteiger partial charge in [-0.3, -0.25) is 4.79 Å². The van der Waals surface area contributed by atoms with E-state index in [0.29, 0.717) is 11.4 Å². The van der Waals surface area contributed by atoms with Gasteiger partial charge in [-0.15, -0.1) is 11.3 Å². The molecular formula is C15H15NO4S. The van der Waals surface area contributed by atoms with Crippen molar-refractivity contribution in [3.8, 4) is 5.75 Å². The number of nitrogens with one attached hydrogen (secondary N) is 1. The molecule has 0 fully saturated rings. The highest BCUT2D eigenvalue weighted by molar-refractivity contribution is 7.12. The quantitative estimate of drug-likeness (QED) is 0.890. The lowest BCUT2D eigenvalue weighted by Gasteiger charge is -2.10. The molecule has 1 aromatic carbocycles. The van der Waals surface area contributed by atoms with Crippen LogP contribution in [0.1, 0.15) is 20.8 Å². The van der Waals surface area contributed by atoms with Gasteiger partial charge >= 0.3 is 5.97 Å². The van der Waals surface area contributed by atoms with Crippen LogP contribution < -0.4 is 10.1 Å². The lowest BCUT2D eigenvalue weighted by molar-refractivity contribution is -0.115. The molecule has 5 nitrogen and oxygen atoms in total. The molecule has 0 unspecified atom stereocenters. The number of ether oxygens (including phenoxy) is 1. The molecule has 1 heterocycles. The van der Waals surface area contributed by atoms with Gasteiger partial charge < -0.3 is 15.2 Å². The predicted molar refractivity (Wildman–Crippen MR) is 81.3 cm³/mol. The second-order valence-electron chi connectivity index (χ2n) is 4.51. The number of hydrogen-bond acceptors (Lipinski definition) is 4. The number of anilines is 1. The van der Waals surface area contributed by atoms with E-state index in [4.69, 9.17) is 9.84 Å². The number of amides is 1. The fourth-order valence-electron chi connectivity index (χ4n) is 1.99. The van der Waals surface area contributed by atoms with E-state index in [9.17, 15) is 9.59 Å². The van der Waals surface area contributed by atoms with Gasteiger partial charge in [-0.25, -0.2) is 4.79 Å². The summed E-state index contributed by atoms with van der Waals surface area (Å²) in [7, 11) is 1.55. The fourth-order valence-corrected chi connectivity index (χ4v) is 2.67. The van der Waals surface area contributed by atoms with Gasteiger partial charge in [0, 0.05) is 5.56 Å². The summed E-state index contributed by atoms with van der Waals surface area (Å²) in [6, 6.07) is 7.18. The maximum Gasteiger partial charge on any atom is 0.348 e. The van der Waals surface area contributed by atoms with Crippen molar-refractivity contribution in [3.05, 3.63) is 45.6 Å². The summed E-state index contributed by atoms with van der Waals surface area (Å²) >= 11 is 1.08. The first-order chi connectivity index (χ1) is 10.0. The Bertz CT molecular complexity index is 678. The van der Waals surface area contributed by atoms with Crippen LogP contribution in [0.3, 0.4) is 0 Å². The minimum absolute atomic E-state index is 0.125. The highest BCUT2D eigenvalue weighted by atomic mass is 32.1. The summed E-state index contributed by atoms with van der Waals surface area (Å²) in [5.74, 6) is -0.687. The maximum atomic E-state index is 12.1. The topological polar surface area (TPSA) is 75.6 Å². The molecule has 0 bridgehead atoms. The minimum Gasteiger partial charge on any atom is -0.496 e. The van der Waals surface area contributed by atoms with E-state index in [1.54, 1.807) is 18.6 Å². The maximum absolute atomic E-state index is 12.1. The van der Waals surface area contributed by atoms with Gasteiger partial charge in [-0.2, -0.15) is 0 Å². The number of thiophene rings is 1. The Morgan fingerprint density at radius 2 is 2.10 bits per heavy atom. The first-order valence-corrected chi connectivity index (χ1v) is 7.13. The van der Waals surface area contributed by atoms with Crippen molar-refractivity contribution >= 4 is 28.9 Å². The zero-order valence-corrected chi connectivity index (χ0v) is 12.5. The van der Waals surface area contributed by atoms with Crippen molar-refractivity contribution in [2.75, 3.05) is 12.4 Å². The van der Waals surface area contributed by atoms with Crippen molar-refractivity contribution in [3.63, 3.8) is 0 Å². The predicted octanol–water partition coefficient (Wildman–Crippen LogP) is 2.94. The first-order valence-electron chi connectivity index (χ1n) is 6.25. The van der Waals surface area contributed by atoms with Gasteiger partial charge in [0.05, 0.1) is 19.2 Å². The van der Waals surface area contributed by atoms with Gasteiger partial charge in [0.25, 0.3) is 0 Å². The molecule has 1 amide bonds. The Morgan fingerprint density at radius 3 is 2.76 bits per heavy atom. The van der Waals surface area contributed by atoms with Crippen LogP contribution >= 0.6 is 11.3 Å². The number of aryl methyl sites for hydroxylation is 1. The molecule has 0 radical (unpaired) electrons. The monoisotopic (exact) mass is 305 g/mol. The van der Waals surface area contributed by atoms with Crippen LogP contribution in [0.2, 0.25) is 0 Å². The van der Waals surface area contributed by atoms with Gasteiger partial charge in [0.2, 0.25) is 5.91 Å². The molecule has 110 valence electrons. The minimum atomic E-state index is -1.05. The number of carboxylic acids is 1. The lowest BCUT2D eigenvalue weighted by atomic mass is 10.1. The van der Waals surface area contributed by atoms with Crippen LogP contribution in [-0.2, 0) is 11.2 Å². The smallest absolute Gasteiger partial charge is 0.348 e. The van der Waals surface area contributed by atoms with Crippen molar-refractivity contribution < 1.29 is 19.4 Å². The second kappa shape index (κ2) is 6.41. The number of aromatic carboxylic acids is 1. The molecule has 0 aliphatic heterocycles. The van der Waals surface area contributed by atoms with Crippen LogP contribution in [0, 0.1) is 6.92 Å². The SMILES string of the molecule is COc1ccc(C)cc1CC(=O)Nc1ccsc1C(=O)O. The van der Waals surface area contributed by atoms with Crippen LogP contribution in [0.5, 0.6) is 5.75 Å². The van der Waals surface area contributed by atoms with E-state index in [1.807, 2.05) is 25.1 Å². The number of carboxylic acid groups (broad SMARTS) is 1. The third kappa shape index (κ3) is 3.61. The summed E-state index contributed by atoms with van der Waals surface area (Å²) in [5.41, 5.74) is 2.12. The standard InChI is InChI=1S/C15H15NO4S/c1-9-3-4-12(20-2)10(7-9)8-13(17)16-11-5-6-21-14(11)15(18)19/h3-7H,8H2,1-2H3,(H,16,17)(H,18,19). The summed E-state index contributed by atoms with van der Waals surface area (Å²) in [6.45, 7) is 1.93. The van der Waals surface area contributed by atoms with Gasteiger partial charge in [-0.05, 0) is 24.4 Å². The summed E-state index contributed by atoms with van der Waals surface area (Å²) in [4.78, 5) is 23.2. The Morgan fingerprint density at radius 1 is 1.33 bits per heavy atom. The first kappa shape index (κ1) is 15.1. The molecule has 2 N–H and O–H groups in total. The molecular weight excluding hydrogens is 290 g/mol. The molecule has 0 aliphatic carbocycles. The zero-order valence-electron chi connectivity index (χ0n) is 11.7. The van der Waals surface area contributed by atoms with Crippen LogP contribution in [0.15, 0.2) is 29.6 Å². The van der Waals surface area contributed by atoms with Crippen LogP contribution in [-0.4, -0.2) is 24.1 Å². The molecule has 6 heteroatoms. The fraction of sp³-hybridized carbons (Fsp3) is 0.200. The lowest BCUT2D eigenvalue weighted by Crippen LogP contribution is -2.16. The Balaban J connectivity index is 2.13. The Hall–Kier alpha value is -2.34. The van der Waals surface area contributed by atoms with Gasteiger partial charge in [-0.1, -0.05) is 17.7 Å². The van der Waals surface area contributed by atoms with E-state index in [0.717, 1.165) is 22.5 Å². The molecule has 0 saturated heterocycles. The number of rotatable bonds is 5. The molecule has 0 spiro atoms. The van der Waals surface area contributed by atoms with Crippen molar-refractivity contribution in [2.24, 2.45) is 0 Å². The summed E-state index contributed by atoms with van der Waals surface area (Å²) in [5, 5.41) is 13.3. The molecule has 1 aromatic heterocycles. The van der Waals surface area contributed by atoms with Crippen LogP contribution in [0.25, 0.3) is 0 Å². The van der Waals surface area contributed by atoms with Crippen molar-refractivity contribution in [1.82, 2.24) is 0 Å². The average molecular weight is 305 g/mol. The largest absolute Gasteiger partial charge is 0.496 e. The van der Waals surface area contributed by atoms with E-state index >= 15 is 0 Å². The molecule has 21 heavy (non-hydrogen) atoms. The van der Waals surface area contributed by atoms with E-state index in [2.05, 4.69) is 5.32 Å². The third-order valence-electron chi connectivity index (χ3n) is 2.92. The number of benzene rings is 1. The Labute approximate surface area is 126 Å². The normalized spacial score (nSPS) is 10.2. The number of carbonyl (C=O) groups is 2. The third-order valence-corrected chi connectivity index (χ3v) is 3.82. The summed E-state index contributed by atoms with van der Waals surface area (Å²) in [6.07, 6.45) is 0.125. The molecule has 0 aliphatic rings. The van der Waals surface area contributed by atoms with Crippen molar-refractivity contribution in [2.45, 2.75) is 13.3 Å². The van der Waals surface area contributed by atoms with Gasteiger partial charge in [0.15, 0.2) is 0 Å². The number of carbonyl (C=O) groups excluding carboxylic acids is 1. The summed E-state index contributed by atoms with van der Waals surface area (Å²) < 4.78 is 5.23. The van der Waals surface area contributed by atoms with Gasteiger partial charge in [0.1, 0.15) is 10.6 Å². The van der Waals surface area contributed by atoms with E-state index < -0.39 is 5.97 Å². The molecule has 0 atom stereocenters. The molecule has 2 rings (SSSR count). The highest BCUT2D eigenvalue weighted by Gasteiger charge is 2.15. The van der Waals surface area contributed by atoms with E-state index in [-0.39, 0.29) is 17.2 Å². The average Bonchev–Trinajstić information content (AvgIpc) is 2.87. The second-order valence-corrected chi connectivity index (χ2v) is 5.42. The molecule has 0 saturated carbocycles. The zero-order chi connectivity index (χ0) is 15.4. The Kier molecular flexibility index (Phi) is 4.59. The van der Waals surface area contributed by atoms with Crippen molar-refractivity contribution in [1.29, 1.82) is 0 Å². The van der Waals surface area contributed by atoms with Crippen LogP contribution in [0.4, 0.5) is 5.69 Å².